The van der Waals surface area contributed by atoms with E-state index in [-0.39, 0.29) is 18.4 Å². The molecule has 1 N–H and O–H groups in total. The van der Waals surface area contributed by atoms with Crippen LogP contribution in [0.5, 0.6) is 0 Å². The lowest BCUT2D eigenvalue weighted by Gasteiger charge is -2.24. The lowest BCUT2D eigenvalue weighted by molar-refractivity contribution is 0.0593. The molecule has 1 aromatic heterocycles. The van der Waals surface area contributed by atoms with Crippen LogP contribution in [0, 0.1) is 6.92 Å². The van der Waals surface area contributed by atoms with Crippen LogP contribution >= 0.6 is 23.7 Å². The minimum Gasteiger partial charge on any atom is -0.464 e. The molecule has 0 saturated carbocycles. The van der Waals surface area contributed by atoms with Crippen LogP contribution in [0.2, 0.25) is 0 Å². The van der Waals surface area contributed by atoms with Crippen LogP contribution in [0.25, 0.3) is 0 Å². The molecule has 1 atom stereocenters. The number of halogens is 1. The molecule has 2 aliphatic heterocycles. The van der Waals surface area contributed by atoms with E-state index in [0.29, 0.717) is 11.7 Å². The molecule has 5 nitrogen and oxygen atoms in total. The summed E-state index contributed by atoms with van der Waals surface area (Å²) in [4.78, 5) is 19.9. The Kier molecular flexibility index (Phi) is 5.85. The van der Waals surface area contributed by atoms with Crippen molar-refractivity contribution in [1.82, 2.24) is 9.88 Å². The highest BCUT2D eigenvalue weighted by atomic mass is 35.5. The molecule has 7 heteroatoms. The number of carbonyl (C=O) groups excluding carboxylic acids is 1. The van der Waals surface area contributed by atoms with E-state index in [1.54, 1.807) is 11.3 Å². The third-order valence-electron chi connectivity index (χ3n) is 5.15. The van der Waals surface area contributed by atoms with Crippen LogP contribution in [0.3, 0.4) is 0 Å². The lowest BCUT2D eigenvalue weighted by Crippen LogP contribution is -2.23. The van der Waals surface area contributed by atoms with Gasteiger partial charge < -0.3 is 10.1 Å². The molecule has 1 aromatic carbocycles. The Morgan fingerprint density at radius 2 is 2.31 bits per heavy atom. The molecule has 1 saturated heterocycles. The fraction of sp³-hybridized carbons (Fsp3) is 0.474. The molecule has 140 valence electrons. The Morgan fingerprint density at radius 3 is 3.12 bits per heavy atom. The molecule has 4 rings (SSSR count). The molecule has 26 heavy (non-hydrogen) atoms. The third-order valence-corrected chi connectivity index (χ3v) is 6.22. The SMILES string of the molecule is COC(=O)c1nc(C2CCCN2Cc2cccc3c2NCC3)sc1C.Cl. The Labute approximate surface area is 164 Å². The average Bonchev–Trinajstić information content (AvgIpc) is 3.33. The number of hydrogen-bond donors (Lipinski definition) is 1. The molecule has 2 aliphatic rings. The highest BCUT2D eigenvalue weighted by molar-refractivity contribution is 7.12. The summed E-state index contributed by atoms with van der Waals surface area (Å²) >= 11 is 1.63. The normalized spacial score (nSPS) is 18.9. The minimum atomic E-state index is -0.338. The predicted molar refractivity (Wildman–Crippen MR) is 106 cm³/mol. The number of ether oxygens (including phenoxy) is 1. The first-order chi connectivity index (χ1) is 12.2. The van der Waals surface area contributed by atoms with E-state index in [0.717, 1.165) is 42.4 Å². The second kappa shape index (κ2) is 7.94. The number of nitrogens with one attached hydrogen (secondary N) is 1. The quantitative estimate of drug-likeness (QED) is 0.796. The molecule has 3 heterocycles. The smallest absolute Gasteiger partial charge is 0.357 e. The van der Waals surface area contributed by atoms with Gasteiger partial charge in [0.05, 0.1) is 13.2 Å². The number of methoxy groups -OCH3 is 1. The second-order valence-electron chi connectivity index (χ2n) is 6.71. The van der Waals surface area contributed by atoms with Gasteiger partial charge in [0.1, 0.15) is 5.01 Å². The summed E-state index contributed by atoms with van der Waals surface area (Å²) in [6, 6.07) is 6.89. The number of likely N-dealkylation sites (tertiary alicyclic amines) is 1. The zero-order valence-electron chi connectivity index (χ0n) is 15.1. The molecule has 0 amide bonds. The van der Waals surface area contributed by atoms with Crippen LogP contribution in [0.4, 0.5) is 5.69 Å². The topological polar surface area (TPSA) is 54.5 Å². The highest BCUT2D eigenvalue weighted by Crippen LogP contribution is 2.38. The Morgan fingerprint density at radius 1 is 1.46 bits per heavy atom. The molecule has 1 fully saturated rings. The van der Waals surface area contributed by atoms with E-state index in [1.165, 1.54) is 30.3 Å². The number of fused-ring (bicyclic) bond motifs is 1. The van der Waals surface area contributed by atoms with Crippen molar-refractivity contribution >= 4 is 35.4 Å². The number of rotatable bonds is 4. The number of carbonyl (C=O) groups is 1. The molecular formula is C19H24ClN3O2S. The van der Waals surface area contributed by atoms with E-state index >= 15 is 0 Å². The number of anilines is 1. The van der Waals surface area contributed by atoms with Gasteiger partial charge in [0.25, 0.3) is 0 Å². The van der Waals surface area contributed by atoms with Crippen LogP contribution in [0.1, 0.15) is 50.4 Å². The molecule has 1 unspecified atom stereocenters. The van der Waals surface area contributed by atoms with Crippen molar-refractivity contribution in [1.29, 1.82) is 0 Å². The van der Waals surface area contributed by atoms with Crippen molar-refractivity contribution < 1.29 is 9.53 Å². The Bertz CT molecular complexity index is 808. The summed E-state index contributed by atoms with van der Waals surface area (Å²) < 4.78 is 4.85. The van der Waals surface area contributed by atoms with Gasteiger partial charge in [0.15, 0.2) is 5.69 Å². The third kappa shape index (κ3) is 3.46. The Balaban J connectivity index is 0.00000196. The maximum atomic E-state index is 11.9. The molecular weight excluding hydrogens is 370 g/mol. The summed E-state index contributed by atoms with van der Waals surface area (Å²) in [6.45, 7) is 4.97. The fourth-order valence-corrected chi connectivity index (χ4v) is 4.98. The largest absolute Gasteiger partial charge is 0.464 e. The van der Waals surface area contributed by atoms with Crippen molar-refractivity contribution in [2.75, 3.05) is 25.5 Å². The van der Waals surface area contributed by atoms with E-state index in [4.69, 9.17) is 4.74 Å². The van der Waals surface area contributed by atoms with Gasteiger partial charge in [-0.3, -0.25) is 4.90 Å². The number of benzene rings is 1. The van der Waals surface area contributed by atoms with Crippen molar-refractivity contribution in [3.8, 4) is 0 Å². The first-order valence-corrected chi connectivity index (χ1v) is 9.63. The predicted octanol–water partition coefficient (Wildman–Crippen LogP) is 3.97. The molecule has 0 bridgehead atoms. The maximum Gasteiger partial charge on any atom is 0.357 e. The van der Waals surface area contributed by atoms with E-state index in [2.05, 4.69) is 33.4 Å². The number of nitrogens with zero attached hydrogens (tertiary/aromatic N) is 2. The zero-order valence-corrected chi connectivity index (χ0v) is 16.7. The number of aryl methyl sites for hydroxylation is 1. The number of aromatic nitrogens is 1. The summed E-state index contributed by atoms with van der Waals surface area (Å²) in [6.07, 6.45) is 3.37. The maximum absolute atomic E-state index is 11.9. The number of hydrogen-bond acceptors (Lipinski definition) is 6. The van der Waals surface area contributed by atoms with Crippen LogP contribution in [-0.2, 0) is 17.7 Å². The van der Waals surface area contributed by atoms with Crippen molar-refractivity contribution in [3.05, 3.63) is 44.9 Å². The first kappa shape index (κ1) is 19.1. The first-order valence-electron chi connectivity index (χ1n) is 8.81. The highest BCUT2D eigenvalue weighted by Gasteiger charge is 2.31. The molecule has 0 radical (unpaired) electrons. The summed E-state index contributed by atoms with van der Waals surface area (Å²) in [5.41, 5.74) is 4.57. The zero-order chi connectivity index (χ0) is 17.4. The van der Waals surface area contributed by atoms with E-state index in [1.807, 2.05) is 6.92 Å². The second-order valence-corrected chi connectivity index (χ2v) is 7.94. The molecule has 2 aromatic rings. The van der Waals surface area contributed by atoms with Gasteiger partial charge in [0, 0.05) is 23.7 Å². The fourth-order valence-electron chi connectivity index (χ4n) is 3.90. The standard InChI is InChI=1S/C19H23N3O2S.ClH/c1-12-16(19(23)24-2)21-18(25-12)15-7-4-10-22(15)11-14-6-3-5-13-8-9-20-17(13)14;/h3,5-6,15,20H,4,7-11H2,1-2H3;1H. The Hall–Kier alpha value is -1.63. The van der Waals surface area contributed by atoms with Gasteiger partial charge in [0.2, 0.25) is 0 Å². The number of para-hydroxylation sites is 1. The summed E-state index contributed by atoms with van der Waals surface area (Å²) in [5, 5.41) is 4.57. The van der Waals surface area contributed by atoms with Gasteiger partial charge in [-0.15, -0.1) is 23.7 Å². The van der Waals surface area contributed by atoms with Crippen molar-refractivity contribution in [2.45, 2.75) is 38.8 Å². The molecule has 0 aliphatic carbocycles. The summed E-state index contributed by atoms with van der Waals surface area (Å²) in [5.74, 6) is -0.338. The van der Waals surface area contributed by atoms with E-state index in [9.17, 15) is 4.79 Å². The van der Waals surface area contributed by atoms with Gasteiger partial charge in [-0.2, -0.15) is 0 Å². The monoisotopic (exact) mass is 393 g/mol. The van der Waals surface area contributed by atoms with Gasteiger partial charge in [-0.05, 0) is 43.9 Å². The van der Waals surface area contributed by atoms with Crippen LogP contribution < -0.4 is 5.32 Å². The van der Waals surface area contributed by atoms with Gasteiger partial charge in [-0.1, -0.05) is 18.2 Å². The van der Waals surface area contributed by atoms with Crippen LogP contribution in [-0.4, -0.2) is 36.1 Å². The van der Waals surface area contributed by atoms with E-state index < -0.39 is 0 Å². The van der Waals surface area contributed by atoms with Crippen molar-refractivity contribution in [2.24, 2.45) is 0 Å². The number of thiazole rings is 1. The van der Waals surface area contributed by atoms with Gasteiger partial charge >= 0.3 is 5.97 Å². The average molecular weight is 394 g/mol. The van der Waals surface area contributed by atoms with Gasteiger partial charge in [-0.25, -0.2) is 9.78 Å². The lowest BCUT2D eigenvalue weighted by atomic mass is 10.1. The minimum absolute atomic E-state index is 0. The molecule has 0 spiro atoms. The summed E-state index contributed by atoms with van der Waals surface area (Å²) in [7, 11) is 1.41. The van der Waals surface area contributed by atoms with Crippen molar-refractivity contribution in [3.63, 3.8) is 0 Å². The number of esters is 1. The van der Waals surface area contributed by atoms with Crippen LogP contribution in [0.15, 0.2) is 18.2 Å².